The van der Waals surface area contributed by atoms with Crippen LogP contribution < -0.4 is 19.5 Å². The number of hydrogen-bond acceptors (Lipinski definition) is 9. The first-order chi connectivity index (χ1) is 13.1. The van der Waals surface area contributed by atoms with E-state index < -0.39 is 12.0 Å². The van der Waals surface area contributed by atoms with Crippen molar-refractivity contribution in [1.29, 1.82) is 0 Å². The van der Waals surface area contributed by atoms with Crippen LogP contribution in [0.2, 0.25) is 0 Å². The van der Waals surface area contributed by atoms with E-state index in [9.17, 15) is 4.79 Å². The van der Waals surface area contributed by atoms with Crippen molar-refractivity contribution in [3.05, 3.63) is 29.0 Å². The van der Waals surface area contributed by atoms with Crippen LogP contribution in [0, 0.1) is 0 Å². The molecule has 1 aromatic heterocycles. The molecular weight excluding hydrogens is 354 g/mol. The minimum atomic E-state index is -0.618. The van der Waals surface area contributed by atoms with Crippen LogP contribution in [-0.2, 0) is 9.53 Å². The third-order valence-electron chi connectivity index (χ3n) is 4.36. The van der Waals surface area contributed by atoms with Crippen LogP contribution in [0.5, 0.6) is 17.2 Å². The predicted octanol–water partition coefficient (Wildman–Crippen LogP) is 1.55. The van der Waals surface area contributed by atoms with Crippen LogP contribution >= 0.6 is 0 Å². The molecule has 0 aliphatic carbocycles. The smallest absolute Gasteiger partial charge is 0.338 e. The van der Waals surface area contributed by atoms with Crippen LogP contribution in [0.25, 0.3) is 0 Å². The number of nitrogens with zero attached hydrogens (tertiary/aromatic N) is 4. The average Bonchev–Trinajstić information content (AvgIpc) is 3.18. The van der Waals surface area contributed by atoms with Crippen molar-refractivity contribution >= 4 is 11.9 Å². The summed E-state index contributed by atoms with van der Waals surface area (Å²) in [5.74, 6) is 1.33. The fourth-order valence-electron chi connectivity index (χ4n) is 3.13. The van der Waals surface area contributed by atoms with Gasteiger partial charge in [0.15, 0.2) is 11.5 Å². The molecule has 10 nitrogen and oxygen atoms in total. The first kappa shape index (κ1) is 18.5. The second-order valence-electron chi connectivity index (χ2n) is 5.67. The summed E-state index contributed by atoms with van der Waals surface area (Å²) in [5, 5.41) is 14.8. The van der Waals surface area contributed by atoms with E-state index in [0.29, 0.717) is 46.5 Å². The van der Waals surface area contributed by atoms with Crippen molar-refractivity contribution in [3.63, 3.8) is 0 Å². The maximum Gasteiger partial charge on any atom is 0.338 e. The number of esters is 1. The van der Waals surface area contributed by atoms with E-state index in [1.807, 2.05) is 6.92 Å². The highest BCUT2D eigenvalue weighted by molar-refractivity contribution is 5.92. The van der Waals surface area contributed by atoms with Gasteiger partial charge < -0.3 is 24.3 Å². The molecule has 0 radical (unpaired) electrons. The summed E-state index contributed by atoms with van der Waals surface area (Å²) in [4.78, 5) is 12.6. The van der Waals surface area contributed by atoms with Crippen LogP contribution in [-0.4, -0.2) is 54.6 Å². The van der Waals surface area contributed by atoms with Crippen molar-refractivity contribution in [2.75, 3.05) is 33.8 Å². The number of benzene rings is 1. The maximum absolute atomic E-state index is 12.6. The molecule has 0 unspecified atom stereocenters. The van der Waals surface area contributed by atoms with E-state index in [-0.39, 0.29) is 0 Å². The standard InChI is InChI=1S/C17H21N5O5/c1-6-10-13(16(23)27-5)14(22-17(18-10)19-20-21-22)9-7-11(24-2)15(26-4)12(8-9)25-3/h7-8,14H,6H2,1-5H3,(H,18,19,21)/t14-/m0/s1. The fourth-order valence-corrected chi connectivity index (χ4v) is 3.13. The van der Waals surface area contributed by atoms with E-state index in [4.69, 9.17) is 18.9 Å². The first-order valence-corrected chi connectivity index (χ1v) is 8.25. The molecule has 1 N–H and O–H groups in total. The highest BCUT2D eigenvalue weighted by atomic mass is 16.5. The topological polar surface area (TPSA) is 110 Å². The minimum Gasteiger partial charge on any atom is -0.493 e. The zero-order chi connectivity index (χ0) is 19.6. The lowest BCUT2D eigenvalue weighted by Gasteiger charge is -2.28. The summed E-state index contributed by atoms with van der Waals surface area (Å²) in [6.45, 7) is 1.93. The van der Waals surface area contributed by atoms with Crippen molar-refractivity contribution in [3.8, 4) is 17.2 Å². The number of carbonyl (C=O) groups is 1. The highest BCUT2D eigenvalue weighted by Gasteiger charge is 2.36. The van der Waals surface area contributed by atoms with E-state index in [2.05, 4.69) is 20.8 Å². The molecule has 1 aliphatic heterocycles. The number of anilines is 1. The Morgan fingerprint density at radius 3 is 2.33 bits per heavy atom. The van der Waals surface area contributed by atoms with Gasteiger partial charge in [0.25, 0.3) is 0 Å². The Hall–Kier alpha value is -3.30. The molecule has 0 bridgehead atoms. The summed E-state index contributed by atoms with van der Waals surface area (Å²) in [7, 11) is 5.92. The van der Waals surface area contributed by atoms with Gasteiger partial charge in [-0.05, 0) is 34.5 Å². The molecule has 27 heavy (non-hydrogen) atoms. The van der Waals surface area contributed by atoms with Gasteiger partial charge in [0.05, 0.1) is 34.0 Å². The number of carbonyl (C=O) groups excluding carboxylic acids is 1. The molecule has 10 heteroatoms. The Bertz CT molecular complexity index is 867. The fraction of sp³-hybridized carbons (Fsp3) is 0.412. The normalized spacial score (nSPS) is 15.7. The Kier molecular flexibility index (Phi) is 5.15. The molecule has 1 aliphatic rings. The van der Waals surface area contributed by atoms with E-state index in [1.165, 1.54) is 33.1 Å². The first-order valence-electron chi connectivity index (χ1n) is 8.25. The molecule has 0 saturated heterocycles. The Morgan fingerprint density at radius 1 is 1.15 bits per heavy atom. The number of rotatable bonds is 6. The summed E-state index contributed by atoms with van der Waals surface area (Å²) in [5.41, 5.74) is 1.78. The molecule has 144 valence electrons. The monoisotopic (exact) mass is 375 g/mol. The molecule has 0 saturated carbocycles. The van der Waals surface area contributed by atoms with Crippen LogP contribution in [0.1, 0.15) is 24.9 Å². The second-order valence-corrected chi connectivity index (χ2v) is 5.67. The van der Waals surface area contributed by atoms with Crippen molar-refractivity contribution < 1.29 is 23.7 Å². The Labute approximate surface area is 156 Å². The van der Waals surface area contributed by atoms with Gasteiger partial charge in [-0.25, -0.2) is 4.79 Å². The molecule has 0 fully saturated rings. The molecule has 1 atom stereocenters. The summed E-state index contributed by atoms with van der Waals surface area (Å²) in [6.07, 6.45) is 0.568. The lowest BCUT2D eigenvalue weighted by Crippen LogP contribution is -2.30. The summed E-state index contributed by atoms with van der Waals surface area (Å²) < 4.78 is 22.8. The van der Waals surface area contributed by atoms with Gasteiger partial charge in [0.2, 0.25) is 11.7 Å². The third kappa shape index (κ3) is 3.03. The van der Waals surface area contributed by atoms with Gasteiger partial charge in [0.1, 0.15) is 6.04 Å². The SMILES string of the molecule is CCC1=C(C(=O)OC)[C@H](c2cc(OC)c(OC)c(OC)c2)n2nnnc2N1. The van der Waals surface area contributed by atoms with Gasteiger partial charge in [-0.1, -0.05) is 12.0 Å². The predicted molar refractivity (Wildman–Crippen MR) is 95.0 cm³/mol. The zero-order valence-corrected chi connectivity index (χ0v) is 15.8. The number of tetrazole rings is 1. The van der Waals surface area contributed by atoms with Gasteiger partial charge in [-0.15, -0.1) is 0 Å². The van der Waals surface area contributed by atoms with Gasteiger partial charge in [-0.2, -0.15) is 4.68 Å². The quantitative estimate of drug-likeness (QED) is 0.752. The number of fused-ring (bicyclic) bond motifs is 1. The van der Waals surface area contributed by atoms with Crippen molar-refractivity contribution in [2.45, 2.75) is 19.4 Å². The van der Waals surface area contributed by atoms with Crippen LogP contribution in [0.3, 0.4) is 0 Å². The average molecular weight is 375 g/mol. The molecule has 0 spiro atoms. The molecule has 3 rings (SSSR count). The molecule has 0 amide bonds. The second kappa shape index (κ2) is 7.52. The van der Waals surface area contributed by atoms with Gasteiger partial charge in [0, 0.05) is 5.70 Å². The summed E-state index contributed by atoms with van der Waals surface area (Å²) in [6, 6.07) is 2.91. The lowest BCUT2D eigenvalue weighted by atomic mass is 9.94. The van der Waals surface area contributed by atoms with E-state index >= 15 is 0 Å². The van der Waals surface area contributed by atoms with Crippen molar-refractivity contribution in [1.82, 2.24) is 20.2 Å². The van der Waals surface area contributed by atoms with E-state index in [0.717, 1.165) is 0 Å². The number of nitrogens with one attached hydrogen (secondary N) is 1. The maximum atomic E-state index is 12.6. The number of ether oxygens (including phenoxy) is 4. The van der Waals surface area contributed by atoms with Crippen LogP contribution in [0.4, 0.5) is 5.95 Å². The van der Waals surface area contributed by atoms with Gasteiger partial charge in [-0.3, -0.25) is 0 Å². The Balaban J connectivity index is 2.27. The number of aromatic nitrogens is 4. The number of hydrogen-bond donors (Lipinski definition) is 1. The Morgan fingerprint density at radius 2 is 1.81 bits per heavy atom. The van der Waals surface area contributed by atoms with Crippen LogP contribution in [0.15, 0.2) is 23.4 Å². The molecule has 2 aromatic rings. The number of methoxy groups -OCH3 is 4. The molecular formula is C17H21N5O5. The molecule has 1 aromatic carbocycles. The summed E-state index contributed by atoms with van der Waals surface area (Å²) >= 11 is 0. The van der Waals surface area contributed by atoms with Gasteiger partial charge >= 0.3 is 5.97 Å². The molecule has 2 heterocycles. The van der Waals surface area contributed by atoms with E-state index in [1.54, 1.807) is 12.1 Å². The minimum absolute atomic E-state index is 0.411. The lowest BCUT2D eigenvalue weighted by molar-refractivity contribution is -0.136. The number of allylic oxidation sites excluding steroid dienone is 1. The highest BCUT2D eigenvalue weighted by Crippen LogP contribution is 2.43. The van der Waals surface area contributed by atoms with Crippen molar-refractivity contribution in [2.24, 2.45) is 0 Å². The third-order valence-corrected chi connectivity index (χ3v) is 4.36. The largest absolute Gasteiger partial charge is 0.493 e. The zero-order valence-electron chi connectivity index (χ0n) is 15.8.